The Hall–Kier alpha value is -3.65. The van der Waals surface area contributed by atoms with Crippen molar-refractivity contribution in [1.82, 2.24) is 20.0 Å². The number of hydrogen-bond acceptors (Lipinski definition) is 6. The minimum atomic E-state index is -0.861. The maximum absolute atomic E-state index is 10.7. The van der Waals surface area contributed by atoms with E-state index in [9.17, 15) is 4.79 Å². The van der Waals surface area contributed by atoms with Crippen LogP contribution >= 0.6 is 11.6 Å². The first-order valence-electron chi connectivity index (χ1n) is 9.63. The Balaban J connectivity index is 1.34. The number of pyridine rings is 1. The van der Waals surface area contributed by atoms with Crippen LogP contribution in [0.2, 0.25) is 5.15 Å². The SMILES string of the molecule is O=C(O)Cc1ccc(OCCCOc2cnc(Cl)cc2-n2nc3ccccc3n2)cc1. The average Bonchev–Trinajstić information content (AvgIpc) is 3.19. The summed E-state index contributed by atoms with van der Waals surface area (Å²) in [4.78, 5) is 16.3. The number of hydrogen-bond donors (Lipinski definition) is 1. The van der Waals surface area contributed by atoms with E-state index in [1.54, 1.807) is 36.5 Å². The van der Waals surface area contributed by atoms with Gasteiger partial charge in [0.2, 0.25) is 0 Å². The molecule has 8 nitrogen and oxygen atoms in total. The second-order valence-electron chi connectivity index (χ2n) is 6.72. The zero-order chi connectivity index (χ0) is 21.6. The summed E-state index contributed by atoms with van der Waals surface area (Å²) in [5, 5.41) is 18.1. The van der Waals surface area contributed by atoms with Crippen LogP contribution in [0.1, 0.15) is 12.0 Å². The number of carboxylic acid groups (broad SMARTS) is 1. The molecule has 0 spiro atoms. The summed E-state index contributed by atoms with van der Waals surface area (Å²) in [7, 11) is 0. The number of carbonyl (C=O) groups is 1. The van der Waals surface area contributed by atoms with Crippen molar-refractivity contribution in [3.63, 3.8) is 0 Å². The molecule has 4 aromatic rings. The van der Waals surface area contributed by atoms with Crippen LogP contribution in [0.3, 0.4) is 0 Å². The first-order valence-corrected chi connectivity index (χ1v) is 10.0. The molecule has 0 atom stereocenters. The Morgan fingerprint density at radius 1 is 1.00 bits per heavy atom. The molecule has 158 valence electrons. The van der Waals surface area contributed by atoms with Crippen molar-refractivity contribution in [3.05, 3.63) is 71.5 Å². The van der Waals surface area contributed by atoms with Crippen molar-refractivity contribution in [2.24, 2.45) is 0 Å². The Morgan fingerprint density at radius 3 is 2.35 bits per heavy atom. The predicted molar refractivity (Wildman–Crippen MR) is 115 cm³/mol. The van der Waals surface area contributed by atoms with Gasteiger partial charge in [-0.25, -0.2) is 4.98 Å². The fraction of sp³-hybridized carbons (Fsp3) is 0.182. The Morgan fingerprint density at radius 2 is 1.68 bits per heavy atom. The van der Waals surface area contributed by atoms with Crippen LogP contribution in [0.15, 0.2) is 60.8 Å². The van der Waals surface area contributed by atoms with Crippen molar-refractivity contribution in [1.29, 1.82) is 0 Å². The maximum atomic E-state index is 10.7. The van der Waals surface area contributed by atoms with E-state index in [1.807, 2.05) is 24.3 Å². The molecule has 2 heterocycles. The van der Waals surface area contributed by atoms with Gasteiger partial charge in [0, 0.05) is 12.5 Å². The van der Waals surface area contributed by atoms with Gasteiger partial charge in [-0.15, -0.1) is 15.0 Å². The number of halogens is 1. The number of fused-ring (bicyclic) bond motifs is 1. The largest absolute Gasteiger partial charge is 0.493 e. The average molecular weight is 439 g/mol. The minimum absolute atomic E-state index is 0.00769. The number of rotatable bonds is 9. The van der Waals surface area contributed by atoms with E-state index in [-0.39, 0.29) is 6.42 Å². The van der Waals surface area contributed by atoms with Gasteiger partial charge in [0.25, 0.3) is 0 Å². The molecular formula is C22H19ClN4O4. The van der Waals surface area contributed by atoms with Crippen LogP contribution in [-0.4, -0.2) is 44.3 Å². The van der Waals surface area contributed by atoms with Crippen LogP contribution in [0.25, 0.3) is 16.7 Å². The second-order valence-corrected chi connectivity index (χ2v) is 7.11. The van der Waals surface area contributed by atoms with Gasteiger partial charge in [-0.05, 0) is 29.8 Å². The molecule has 31 heavy (non-hydrogen) atoms. The Bertz CT molecular complexity index is 1160. The third kappa shape index (κ3) is 5.29. The molecule has 0 radical (unpaired) electrons. The summed E-state index contributed by atoms with van der Waals surface area (Å²) in [6.07, 6.45) is 2.17. The number of aliphatic carboxylic acids is 1. The molecule has 2 aromatic carbocycles. The second kappa shape index (κ2) is 9.44. The Labute approximate surface area is 183 Å². The van der Waals surface area contributed by atoms with Gasteiger partial charge in [0.15, 0.2) is 5.75 Å². The van der Waals surface area contributed by atoms with Crippen molar-refractivity contribution in [3.8, 4) is 17.2 Å². The normalized spacial score (nSPS) is 10.9. The molecule has 0 saturated heterocycles. The van der Waals surface area contributed by atoms with Crippen molar-refractivity contribution in [2.45, 2.75) is 12.8 Å². The van der Waals surface area contributed by atoms with Gasteiger partial charge in [-0.2, -0.15) is 0 Å². The van der Waals surface area contributed by atoms with E-state index in [0.717, 1.165) is 16.6 Å². The van der Waals surface area contributed by atoms with Crippen LogP contribution < -0.4 is 9.47 Å². The molecule has 2 aromatic heterocycles. The molecule has 1 N–H and O–H groups in total. The van der Waals surface area contributed by atoms with Gasteiger partial charge < -0.3 is 14.6 Å². The van der Waals surface area contributed by atoms with E-state index in [1.165, 1.54) is 4.80 Å². The van der Waals surface area contributed by atoms with E-state index in [4.69, 9.17) is 26.2 Å². The summed E-state index contributed by atoms with van der Waals surface area (Å²) in [5.41, 5.74) is 2.87. The van der Waals surface area contributed by atoms with E-state index < -0.39 is 5.97 Å². The lowest BCUT2D eigenvalue weighted by Gasteiger charge is -2.11. The quantitative estimate of drug-likeness (QED) is 0.312. The van der Waals surface area contributed by atoms with Gasteiger partial charge in [-0.3, -0.25) is 4.79 Å². The first kappa shape index (κ1) is 20.6. The molecule has 0 saturated carbocycles. The highest BCUT2D eigenvalue weighted by molar-refractivity contribution is 6.29. The third-order valence-electron chi connectivity index (χ3n) is 4.41. The van der Waals surface area contributed by atoms with Gasteiger partial charge in [0.05, 0.1) is 25.8 Å². The maximum Gasteiger partial charge on any atom is 0.307 e. The molecule has 0 aliphatic rings. The Kier molecular flexibility index (Phi) is 6.28. The number of carboxylic acids is 1. The molecule has 9 heteroatoms. The number of nitrogens with zero attached hydrogens (tertiary/aromatic N) is 4. The predicted octanol–water partition coefficient (Wildman–Crippen LogP) is 3.94. The van der Waals surface area contributed by atoms with Gasteiger partial charge in [-0.1, -0.05) is 35.9 Å². The highest BCUT2D eigenvalue weighted by atomic mass is 35.5. The monoisotopic (exact) mass is 438 g/mol. The molecule has 4 rings (SSSR count). The van der Waals surface area contributed by atoms with Gasteiger partial charge in [0.1, 0.15) is 27.6 Å². The third-order valence-corrected chi connectivity index (χ3v) is 4.62. The van der Waals surface area contributed by atoms with E-state index in [2.05, 4.69) is 15.2 Å². The lowest BCUT2D eigenvalue weighted by Crippen LogP contribution is -2.08. The summed E-state index contributed by atoms with van der Waals surface area (Å²) in [6, 6.07) is 16.2. The van der Waals surface area contributed by atoms with Crippen molar-refractivity contribution >= 4 is 28.6 Å². The highest BCUT2D eigenvalue weighted by Gasteiger charge is 2.12. The molecule has 0 unspecified atom stereocenters. The minimum Gasteiger partial charge on any atom is -0.493 e. The summed E-state index contributed by atoms with van der Waals surface area (Å²) < 4.78 is 11.6. The number of benzene rings is 2. The zero-order valence-electron chi connectivity index (χ0n) is 16.4. The van der Waals surface area contributed by atoms with Gasteiger partial charge >= 0.3 is 5.97 Å². The van der Waals surface area contributed by atoms with E-state index in [0.29, 0.717) is 42.0 Å². The summed E-state index contributed by atoms with van der Waals surface area (Å²) >= 11 is 6.07. The smallest absolute Gasteiger partial charge is 0.307 e. The molecule has 0 bridgehead atoms. The molecule has 0 amide bonds. The summed E-state index contributed by atoms with van der Waals surface area (Å²) in [6.45, 7) is 0.840. The van der Waals surface area contributed by atoms with Crippen LogP contribution in [0, 0.1) is 0 Å². The van der Waals surface area contributed by atoms with E-state index >= 15 is 0 Å². The fourth-order valence-corrected chi connectivity index (χ4v) is 3.10. The summed E-state index contributed by atoms with van der Waals surface area (Å²) in [5.74, 6) is 0.332. The standard InChI is InChI=1S/C22H19ClN4O4/c23-21-13-19(27-25-17-4-1-2-5-18(17)26-27)20(14-24-21)31-11-3-10-30-16-8-6-15(7-9-16)12-22(28)29/h1-2,4-9,13-14H,3,10-12H2,(H,28,29). The highest BCUT2D eigenvalue weighted by Crippen LogP contribution is 2.25. The van der Waals surface area contributed by atoms with Crippen molar-refractivity contribution in [2.75, 3.05) is 13.2 Å². The van der Waals surface area contributed by atoms with Crippen molar-refractivity contribution < 1.29 is 19.4 Å². The topological polar surface area (TPSA) is 99.4 Å². The zero-order valence-corrected chi connectivity index (χ0v) is 17.2. The number of ether oxygens (including phenoxy) is 2. The van der Waals surface area contributed by atoms with Crippen LogP contribution in [0.5, 0.6) is 11.5 Å². The number of aromatic nitrogens is 4. The van der Waals surface area contributed by atoms with Crippen LogP contribution in [0.4, 0.5) is 0 Å². The lowest BCUT2D eigenvalue weighted by atomic mass is 10.1. The molecule has 0 aliphatic heterocycles. The van der Waals surface area contributed by atoms with Crippen LogP contribution in [-0.2, 0) is 11.2 Å². The first-order chi connectivity index (χ1) is 15.1. The molecule has 0 aliphatic carbocycles. The molecule has 0 fully saturated rings. The molecular weight excluding hydrogens is 420 g/mol. The lowest BCUT2D eigenvalue weighted by molar-refractivity contribution is -0.136. The fourth-order valence-electron chi connectivity index (χ4n) is 2.95.